The summed E-state index contributed by atoms with van der Waals surface area (Å²) in [6.45, 7) is 6.49. The first-order valence-corrected chi connectivity index (χ1v) is 6.67. The number of nitrogens with one attached hydrogen (secondary N) is 1. The van der Waals surface area contributed by atoms with Crippen molar-refractivity contribution < 1.29 is 0 Å². The normalized spacial score (nSPS) is 12.9. The van der Waals surface area contributed by atoms with Gasteiger partial charge < -0.3 is 5.32 Å². The Balaban J connectivity index is 2.11. The fourth-order valence-corrected chi connectivity index (χ4v) is 2.06. The van der Waals surface area contributed by atoms with Crippen molar-refractivity contribution in [1.82, 2.24) is 14.9 Å². The zero-order chi connectivity index (χ0) is 10.9. The van der Waals surface area contributed by atoms with Crippen LogP contribution < -0.4 is 5.32 Å². The lowest BCUT2D eigenvalue weighted by Gasteiger charge is -2.14. The van der Waals surface area contributed by atoms with E-state index >= 15 is 0 Å². The molecule has 0 saturated heterocycles. The number of hydrogen-bond donors (Lipinski definition) is 1. The molecule has 0 amide bonds. The molecule has 1 aromatic heterocycles. The summed E-state index contributed by atoms with van der Waals surface area (Å²) in [4.78, 5) is 0. The smallest absolute Gasteiger partial charge is 0.0893 e. The van der Waals surface area contributed by atoms with Gasteiger partial charge in [0, 0.05) is 11.9 Å². The van der Waals surface area contributed by atoms with Crippen molar-refractivity contribution in [2.24, 2.45) is 5.92 Å². The van der Waals surface area contributed by atoms with E-state index < -0.39 is 0 Å². The van der Waals surface area contributed by atoms with Crippen molar-refractivity contribution in [3.8, 4) is 0 Å². The van der Waals surface area contributed by atoms with Crippen molar-refractivity contribution in [3.05, 3.63) is 11.1 Å². The first-order chi connectivity index (χ1) is 7.36. The van der Waals surface area contributed by atoms with Crippen molar-refractivity contribution in [1.29, 1.82) is 0 Å². The Kier molecular flexibility index (Phi) is 6.52. The highest BCUT2D eigenvalue weighted by molar-refractivity contribution is 7.03. The molecule has 1 atom stereocenters. The number of aromatic nitrogens is 2. The van der Waals surface area contributed by atoms with E-state index in [2.05, 4.69) is 28.8 Å². The highest BCUT2D eigenvalue weighted by Gasteiger charge is 2.05. The molecule has 1 N–H and O–H groups in total. The second-order valence-electron chi connectivity index (χ2n) is 3.94. The molecule has 0 saturated carbocycles. The van der Waals surface area contributed by atoms with E-state index in [1.165, 1.54) is 37.2 Å². The highest BCUT2D eigenvalue weighted by Crippen LogP contribution is 2.11. The van der Waals surface area contributed by atoms with Crippen LogP contribution in [0.4, 0.5) is 0 Å². The van der Waals surface area contributed by atoms with Gasteiger partial charge in [-0.1, -0.05) is 37.6 Å². The molecule has 1 rings (SSSR count). The minimum Gasteiger partial charge on any atom is -0.311 e. The molecule has 0 fully saturated rings. The second kappa shape index (κ2) is 7.77. The fourth-order valence-electron chi connectivity index (χ4n) is 1.61. The lowest BCUT2D eigenvalue weighted by Crippen LogP contribution is -2.22. The summed E-state index contributed by atoms with van der Waals surface area (Å²) in [7, 11) is 0. The van der Waals surface area contributed by atoms with Crippen LogP contribution in [0, 0.1) is 5.92 Å². The first-order valence-electron chi connectivity index (χ1n) is 5.83. The Bertz CT molecular complexity index is 236. The van der Waals surface area contributed by atoms with Gasteiger partial charge in [0.05, 0.1) is 5.69 Å². The van der Waals surface area contributed by atoms with Crippen LogP contribution in [0.25, 0.3) is 0 Å². The second-order valence-corrected chi connectivity index (χ2v) is 4.55. The first kappa shape index (κ1) is 12.6. The summed E-state index contributed by atoms with van der Waals surface area (Å²) in [6.07, 6.45) is 5.25. The molecule has 0 aliphatic heterocycles. The summed E-state index contributed by atoms with van der Waals surface area (Å²) in [5.74, 6) is 0.816. The molecule has 0 spiro atoms. The average molecular weight is 227 g/mol. The van der Waals surface area contributed by atoms with Crippen molar-refractivity contribution in [3.63, 3.8) is 0 Å². The van der Waals surface area contributed by atoms with Gasteiger partial charge in [-0.2, -0.15) is 0 Å². The third-order valence-electron chi connectivity index (χ3n) is 2.69. The van der Waals surface area contributed by atoms with Crippen LogP contribution in [0.1, 0.15) is 45.2 Å². The third-order valence-corrected chi connectivity index (χ3v) is 3.24. The number of rotatable bonds is 8. The minimum atomic E-state index is 0.816. The lowest BCUT2D eigenvalue weighted by atomic mass is 9.99. The van der Waals surface area contributed by atoms with Crippen molar-refractivity contribution in [2.75, 3.05) is 6.54 Å². The minimum absolute atomic E-state index is 0.816. The standard InChI is InChI=1S/C11H21N3S/c1-3-5-6-10(4-2)7-12-8-11-9-15-14-13-11/h9-10,12H,3-8H2,1-2H3/t10-/m0/s1. The molecule has 0 aliphatic rings. The molecular formula is C11H21N3S. The molecule has 1 heterocycles. The Morgan fingerprint density at radius 3 is 2.93 bits per heavy atom. The van der Waals surface area contributed by atoms with E-state index in [1.807, 2.05) is 5.38 Å². The zero-order valence-corrected chi connectivity index (χ0v) is 10.5. The van der Waals surface area contributed by atoms with Gasteiger partial charge in [0.1, 0.15) is 0 Å². The van der Waals surface area contributed by atoms with E-state index in [9.17, 15) is 0 Å². The molecule has 0 radical (unpaired) electrons. The van der Waals surface area contributed by atoms with E-state index in [0.29, 0.717) is 0 Å². The molecule has 3 nitrogen and oxygen atoms in total. The van der Waals surface area contributed by atoms with E-state index in [-0.39, 0.29) is 0 Å². The van der Waals surface area contributed by atoms with Gasteiger partial charge in [-0.25, -0.2) is 0 Å². The Labute approximate surface area is 96.5 Å². The van der Waals surface area contributed by atoms with E-state index in [0.717, 1.165) is 24.7 Å². The molecule has 0 unspecified atom stereocenters. The third kappa shape index (κ3) is 5.23. The van der Waals surface area contributed by atoms with Crippen LogP contribution in [0.5, 0.6) is 0 Å². The summed E-state index contributed by atoms with van der Waals surface area (Å²) in [5, 5.41) is 9.46. The molecule has 15 heavy (non-hydrogen) atoms. The predicted octanol–water partition coefficient (Wildman–Crippen LogP) is 2.84. The predicted molar refractivity (Wildman–Crippen MR) is 64.9 cm³/mol. The molecule has 0 bridgehead atoms. The molecule has 0 aromatic carbocycles. The van der Waals surface area contributed by atoms with Crippen LogP contribution in [0.2, 0.25) is 0 Å². The topological polar surface area (TPSA) is 37.8 Å². The van der Waals surface area contributed by atoms with Crippen molar-refractivity contribution >= 4 is 11.5 Å². The SMILES string of the molecule is CCCC[C@H](CC)CNCc1csnn1. The van der Waals surface area contributed by atoms with Gasteiger partial charge in [-0.3, -0.25) is 0 Å². The number of nitrogens with zero attached hydrogens (tertiary/aromatic N) is 2. The Morgan fingerprint density at radius 2 is 2.33 bits per heavy atom. The van der Waals surface area contributed by atoms with E-state index in [4.69, 9.17) is 0 Å². The monoisotopic (exact) mass is 227 g/mol. The summed E-state index contributed by atoms with van der Waals surface area (Å²) < 4.78 is 3.84. The van der Waals surface area contributed by atoms with Gasteiger partial charge in [-0.05, 0) is 30.4 Å². The lowest BCUT2D eigenvalue weighted by molar-refractivity contribution is 0.418. The van der Waals surface area contributed by atoms with Gasteiger partial charge in [0.2, 0.25) is 0 Å². The van der Waals surface area contributed by atoms with Gasteiger partial charge in [0.15, 0.2) is 0 Å². The average Bonchev–Trinajstić information content (AvgIpc) is 2.76. The highest BCUT2D eigenvalue weighted by atomic mass is 32.1. The molecular weight excluding hydrogens is 206 g/mol. The van der Waals surface area contributed by atoms with Gasteiger partial charge in [-0.15, -0.1) is 5.10 Å². The van der Waals surface area contributed by atoms with Crippen LogP contribution in [0.3, 0.4) is 0 Å². The largest absolute Gasteiger partial charge is 0.311 e. The molecule has 0 aliphatic carbocycles. The van der Waals surface area contributed by atoms with Crippen LogP contribution in [0.15, 0.2) is 5.38 Å². The fraction of sp³-hybridized carbons (Fsp3) is 0.818. The Hall–Kier alpha value is -0.480. The maximum absolute atomic E-state index is 4.01. The molecule has 1 aromatic rings. The molecule has 86 valence electrons. The number of hydrogen-bond acceptors (Lipinski definition) is 4. The van der Waals surface area contributed by atoms with Gasteiger partial charge >= 0.3 is 0 Å². The van der Waals surface area contributed by atoms with Gasteiger partial charge in [0.25, 0.3) is 0 Å². The van der Waals surface area contributed by atoms with Crippen LogP contribution in [-0.2, 0) is 6.54 Å². The summed E-state index contributed by atoms with van der Waals surface area (Å²) >= 11 is 1.42. The Morgan fingerprint density at radius 1 is 1.47 bits per heavy atom. The zero-order valence-electron chi connectivity index (χ0n) is 9.70. The maximum atomic E-state index is 4.01. The number of unbranched alkanes of at least 4 members (excludes halogenated alkanes) is 1. The van der Waals surface area contributed by atoms with Crippen molar-refractivity contribution in [2.45, 2.75) is 46.1 Å². The summed E-state index contributed by atoms with van der Waals surface area (Å²) in [6, 6.07) is 0. The summed E-state index contributed by atoms with van der Waals surface area (Å²) in [5.41, 5.74) is 1.06. The molecule has 4 heteroatoms. The van der Waals surface area contributed by atoms with Crippen LogP contribution >= 0.6 is 11.5 Å². The van der Waals surface area contributed by atoms with E-state index in [1.54, 1.807) is 0 Å². The quantitative estimate of drug-likeness (QED) is 0.742. The van der Waals surface area contributed by atoms with Crippen LogP contribution in [-0.4, -0.2) is 16.1 Å². The maximum Gasteiger partial charge on any atom is 0.0893 e.